The topological polar surface area (TPSA) is 82.1 Å². The summed E-state index contributed by atoms with van der Waals surface area (Å²) in [5, 5.41) is -0.324. The molecule has 2 aromatic rings. The van der Waals surface area contributed by atoms with E-state index in [2.05, 4.69) is 0 Å². The molecular formula is C23H21ClFNO6S. The van der Waals surface area contributed by atoms with E-state index in [1.54, 1.807) is 38.1 Å². The highest BCUT2D eigenvalue weighted by Gasteiger charge is 2.36. The summed E-state index contributed by atoms with van der Waals surface area (Å²) in [6, 6.07) is 9.08. The molecule has 1 fully saturated rings. The maximum Gasteiger partial charge on any atom is 0.326 e. The fraction of sp³-hybridized carbons (Fsp3) is 0.261. The molecule has 0 N–H and O–H groups in total. The normalized spacial score (nSPS) is 14.7. The van der Waals surface area contributed by atoms with Gasteiger partial charge in [0.05, 0.1) is 23.1 Å². The van der Waals surface area contributed by atoms with Crippen LogP contribution in [0, 0.1) is 5.82 Å². The van der Waals surface area contributed by atoms with E-state index in [1.165, 1.54) is 18.2 Å². The second kappa shape index (κ2) is 11.2. The van der Waals surface area contributed by atoms with Crippen molar-refractivity contribution in [3.05, 3.63) is 63.3 Å². The van der Waals surface area contributed by atoms with Gasteiger partial charge in [-0.2, -0.15) is 0 Å². The minimum absolute atomic E-state index is 0.141. The van der Waals surface area contributed by atoms with Crippen molar-refractivity contribution in [2.75, 3.05) is 19.8 Å². The lowest BCUT2D eigenvalue weighted by atomic mass is 10.1. The molecule has 33 heavy (non-hydrogen) atoms. The summed E-state index contributed by atoms with van der Waals surface area (Å²) in [7, 11) is 0. The van der Waals surface area contributed by atoms with Gasteiger partial charge in [-0.15, -0.1) is 0 Å². The van der Waals surface area contributed by atoms with E-state index >= 15 is 0 Å². The van der Waals surface area contributed by atoms with Gasteiger partial charge in [0.25, 0.3) is 11.1 Å². The van der Waals surface area contributed by atoms with Crippen molar-refractivity contribution in [3.8, 4) is 11.5 Å². The first kappa shape index (κ1) is 24.6. The van der Waals surface area contributed by atoms with Crippen LogP contribution in [0.25, 0.3) is 6.08 Å². The van der Waals surface area contributed by atoms with E-state index in [0.717, 1.165) is 22.2 Å². The van der Waals surface area contributed by atoms with Crippen molar-refractivity contribution in [3.63, 3.8) is 0 Å². The molecule has 0 radical (unpaired) electrons. The van der Waals surface area contributed by atoms with Gasteiger partial charge in [-0.25, -0.2) is 4.39 Å². The summed E-state index contributed by atoms with van der Waals surface area (Å²) in [6.45, 7) is 3.62. The largest absolute Gasteiger partial charge is 0.490 e. The third-order valence-corrected chi connectivity index (χ3v) is 5.58. The minimum Gasteiger partial charge on any atom is -0.490 e. The van der Waals surface area contributed by atoms with Crippen LogP contribution in [-0.2, 0) is 20.9 Å². The zero-order valence-corrected chi connectivity index (χ0v) is 19.5. The Labute approximate surface area is 199 Å². The summed E-state index contributed by atoms with van der Waals surface area (Å²) in [5.74, 6) is -0.948. The molecule has 174 valence electrons. The van der Waals surface area contributed by atoms with E-state index in [4.69, 9.17) is 25.8 Å². The molecule has 0 unspecified atom stereocenters. The second-order valence-electron chi connectivity index (χ2n) is 6.75. The quantitative estimate of drug-likeness (QED) is 0.357. The first-order valence-electron chi connectivity index (χ1n) is 10.1. The maximum atomic E-state index is 13.1. The molecule has 3 rings (SSSR count). The van der Waals surface area contributed by atoms with E-state index < -0.39 is 23.7 Å². The smallest absolute Gasteiger partial charge is 0.326 e. The fourth-order valence-electron chi connectivity index (χ4n) is 2.93. The second-order valence-corrected chi connectivity index (χ2v) is 8.15. The predicted octanol–water partition coefficient (Wildman–Crippen LogP) is 5.06. The molecule has 0 aromatic heterocycles. The third-order valence-electron chi connectivity index (χ3n) is 4.39. The van der Waals surface area contributed by atoms with Crippen molar-refractivity contribution < 1.29 is 33.0 Å². The molecule has 0 bridgehead atoms. The maximum absolute atomic E-state index is 13.1. The first-order chi connectivity index (χ1) is 15.8. The van der Waals surface area contributed by atoms with Gasteiger partial charge in [-0.1, -0.05) is 23.7 Å². The van der Waals surface area contributed by atoms with Crippen molar-refractivity contribution in [2.45, 2.75) is 20.5 Å². The van der Waals surface area contributed by atoms with Crippen molar-refractivity contribution in [1.29, 1.82) is 0 Å². The highest BCUT2D eigenvalue weighted by Crippen LogP contribution is 2.39. The summed E-state index contributed by atoms with van der Waals surface area (Å²) < 4.78 is 29.4. The Morgan fingerprint density at radius 3 is 2.52 bits per heavy atom. The Bertz CT molecular complexity index is 1090. The van der Waals surface area contributed by atoms with Crippen LogP contribution in [0.4, 0.5) is 9.18 Å². The lowest BCUT2D eigenvalue weighted by Gasteiger charge is -2.15. The average Bonchev–Trinajstić information content (AvgIpc) is 3.02. The summed E-state index contributed by atoms with van der Waals surface area (Å²) >= 11 is 7.14. The van der Waals surface area contributed by atoms with Gasteiger partial charge in [0, 0.05) is 0 Å². The van der Waals surface area contributed by atoms with Gasteiger partial charge in [0.15, 0.2) is 11.5 Å². The number of carbonyl (C=O) groups excluding carboxylic acids is 3. The molecule has 1 heterocycles. The number of imide groups is 1. The molecule has 1 aliphatic heterocycles. The Morgan fingerprint density at radius 2 is 1.85 bits per heavy atom. The molecule has 0 saturated carbocycles. The minimum atomic E-state index is -0.662. The highest BCUT2D eigenvalue weighted by atomic mass is 35.5. The Kier molecular flexibility index (Phi) is 8.35. The van der Waals surface area contributed by atoms with Crippen molar-refractivity contribution >= 4 is 46.6 Å². The van der Waals surface area contributed by atoms with Gasteiger partial charge in [0.2, 0.25) is 0 Å². The van der Waals surface area contributed by atoms with E-state index in [1.807, 2.05) is 0 Å². The lowest BCUT2D eigenvalue weighted by molar-refractivity contribution is -0.145. The van der Waals surface area contributed by atoms with Crippen LogP contribution in [0.3, 0.4) is 0 Å². The number of hydrogen-bond acceptors (Lipinski definition) is 7. The number of amides is 2. The molecular weight excluding hydrogens is 473 g/mol. The standard InChI is InChI=1S/C23H21ClFNO6S/c1-3-30-18-10-15(9-17(24)21(18)32-13-14-5-7-16(25)8-6-14)11-19-22(28)26(23(29)33-19)12-20(27)31-4-2/h5-11H,3-4,12-13H2,1-2H3/b19-11-. The number of ether oxygens (including phenoxy) is 3. The lowest BCUT2D eigenvalue weighted by Crippen LogP contribution is -2.34. The Hall–Kier alpha value is -3.04. The highest BCUT2D eigenvalue weighted by molar-refractivity contribution is 8.18. The van der Waals surface area contributed by atoms with Gasteiger partial charge in [0.1, 0.15) is 19.0 Å². The molecule has 2 aromatic carbocycles. The van der Waals surface area contributed by atoms with Gasteiger partial charge in [-0.05, 0) is 67.1 Å². The molecule has 1 aliphatic rings. The monoisotopic (exact) mass is 493 g/mol. The number of rotatable bonds is 9. The molecule has 0 atom stereocenters. The van der Waals surface area contributed by atoms with Gasteiger partial charge < -0.3 is 14.2 Å². The molecule has 7 nitrogen and oxygen atoms in total. The Balaban J connectivity index is 1.81. The summed E-state index contributed by atoms with van der Waals surface area (Å²) in [5.41, 5.74) is 1.26. The SMILES string of the molecule is CCOC(=O)CN1C(=O)S/C(=C\c2cc(Cl)c(OCc3ccc(F)cc3)c(OCC)c2)C1=O. The predicted molar refractivity (Wildman–Crippen MR) is 123 cm³/mol. The number of hydrogen-bond donors (Lipinski definition) is 0. The number of halogens is 2. The number of nitrogens with zero attached hydrogens (tertiary/aromatic N) is 1. The fourth-order valence-corrected chi connectivity index (χ4v) is 4.05. The van der Waals surface area contributed by atoms with Crippen LogP contribution in [-0.4, -0.2) is 41.8 Å². The van der Waals surface area contributed by atoms with E-state index in [0.29, 0.717) is 23.7 Å². The van der Waals surface area contributed by atoms with Crippen molar-refractivity contribution in [1.82, 2.24) is 4.90 Å². The van der Waals surface area contributed by atoms with Crippen LogP contribution < -0.4 is 9.47 Å². The zero-order chi connectivity index (χ0) is 24.0. The number of thioether (sulfide) groups is 1. The molecule has 10 heteroatoms. The molecule has 0 aliphatic carbocycles. The van der Waals surface area contributed by atoms with Gasteiger partial charge >= 0.3 is 5.97 Å². The summed E-state index contributed by atoms with van der Waals surface area (Å²) in [4.78, 5) is 37.4. The molecule has 2 amide bonds. The summed E-state index contributed by atoms with van der Waals surface area (Å²) in [6.07, 6.45) is 1.49. The number of benzene rings is 2. The first-order valence-corrected chi connectivity index (χ1v) is 11.3. The van der Waals surface area contributed by atoms with Crippen molar-refractivity contribution in [2.24, 2.45) is 0 Å². The van der Waals surface area contributed by atoms with Crippen LogP contribution >= 0.6 is 23.4 Å². The van der Waals surface area contributed by atoms with Crippen LogP contribution in [0.15, 0.2) is 41.3 Å². The van der Waals surface area contributed by atoms with E-state index in [-0.39, 0.29) is 29.0 Å². The molecule has 1 saturated heterocycles. The average molecular weight is 494 g/mol. The Morgan fingerprint density at radius 1 is 1.12 bits per heavy atom. The van der Waals surface area contributed by atoms with Crippen LogP contribution in [0.5, 0.6) is 11.5 Å². The van der Waals surface area contributed by atoms with E-state index in [9.17, 15) is 18.8 Å². The van der Waals surface area contributed by atoms with Crippen LogP contribution in [0.2, 0.25) is 5.02 Å². The number of carbonyl (C=O) groups is 3. The van der Waals surface area contributed by atoms with Crippen LogP contribution in [0.1, 0.15) is 25.0 Å². The zero-order valence-electron chi connectivity index (χ0n) is 17.9. The van der Waals surface area contributed by atoms with Gasteiger partial charge in [-0.3, -0.25) is 19.3 Å². The third kappa shape index (κ3) is 6.27. The molecule has 0 spiro atoms. The number of esters is 1.